The smallest absolute Gasteiger partial charge is 0.387 e. The highest BCUT2D eigenvalue weighted by Crippen LogP contribution is 2.29. The number of carbonyl (C=O) groups excluding carboxylic acids is 1. The molecule has 0 aromatic heterocycles. The van der Waals surface area contributed by atoms with Crippen molar-refractivity contribution >= 4 is 11.6 Å². The number of benzene rings is 2. The summed E-state index contributed by atoms with van der Waals surface area (Å²) in [5, 5.41) is 13.3. The van der Waals surface area contributed by atoms with Crippen LogP contribution < -0.4 is 19.5 Å². The van der Waals surface area contributed by atoms with Crippen LogP contribution in [0.3, 0.4) is 0 Å². The summed E-state index contributed by atoms with van der Waals surface area (Å²) in [5.74, 6) is -0.103. The van der Waals surface area contributed by atoms with E-state index in [0.717, 1.165) is 5.56 Å². The third-order valence-electron chi connectivity index (χ3n) is 3.58. The monoisotopic (exact) mass is 396 g/mol. The van der Waals surface area contributed by atoms with Gasteiger partial charge in [0.15, 0.2) is 18.1 Å². The molecule has 2 aromatic carbocycles. The van der Waals surface area contributed by atoms with Gasteiger partial charge in [0.05, 0.1) is 18.1 Å². The van der Waals surface area contributed by atoms with Crippen LogP contribution in [0, 0.1) is 10.1 Å². The number of non-ortho nitro benzene ring substituents is 1. The Bertz CT molecular complexity index is 831. The molecular weight excluding hydrogens is 378 g/mol. The molecule has 10 heteroatoms. The number of rotatable bonds is 10. The summed E-state index contributed by atoms with van der Waals surface area (Å²) in [6, 6.07) is 10.0. The maximum Gasteiger partial charge on any atom is 0.387 e. The second kappa shape index (κ2) is 10.0. The standard InChI is InChI=1S/C18H18F2N2O6/c1-26-16-9-12(5-6-15(16)28-18(19)20)7-8-21-17(23)11-27-14-4-2-3-13(10-14)22(24)25/h2-6,9-10,18H,7-8,11H2,1H3,(H,21,23). The van der Waals surface area contributed by atoms with Gasteiger partial charge in [-0.1, -0.05) is 12.1 Å². The molecule has 8 nitrogen and oxygen atoms in total. The summed E-state index contributed by atoms with van der Waals surface area (Å²) in [7, 11) is 1.34. The summed E-state index contributed by atoms with van der Waals surface area (Å²) in [4.78, 5) is 22.0. The molecule has 2 rings (SSSR count). The molecule has 0 unspecified atom stereocenters. The molecule has 0 spiro atoms. The Morgan fingerprint density at radius 2 is 2.00 bits per heavy atom. The van der Waals surface area contributed by atoms with E-state index in [4.69, 9.17) is 9.47 Å². The molecule has 150 valence electrons. The minimum atomic E-state index is -2.95. The molecule has 0 atom stereocenters. The lowest BCUT2D eigenvalue weighted by atomic mass is 10.1. The first kappa shape index (κ1) is 20.9. The molecule has 0 radical (unpaired) electrons. The number of hydrogen-bond donors (Lipinski definition) is 1. The first-order chi connectivity index (χ1) is 13.4. The second-order valence-corrected chi connectivity index (χ2v) is 5.51. The van der Waals surface area contributed by atoms with Crippen LogP contribution in [0.15, 0.2) is 42.5 Å². The summed E-state index contributed by atoms with van der Waals surface area (Å²) in [6.07, 6.45) is 0.424. The van der Waals surface area contributed by atoms with Crippen molar-refractivity contribution in [2.24, 2.45) is 0 Å². The van der Waals surface area contributed by atoms with E-state index in [9.17, 15) is 23.7 Å². The fourth-order valence-electron chi connectivity index (χ4n) is 2.29. The summed E-state index contributed by atoms with van der Waals surface area (Å²) < 4.78 is 39.2. The van der Waals surface area contributed by atoms with Crippen molar-refractivity contribution < 1.29 is 32.7 Å². The van der Waals surface area contributed by atoms with E-state index in [0.29, 0.717) is 6.42 Å². The third-order valence-corrected chi connectivity index (χ3v) is 3.58. The van der Waals surface area contributed by atoms with Crippen LogP contribution in [0.2, 0.25) is 0 Å². The SMILES string of the molecule is COc1cc(CCNC(=O)COc2cccc([N+](=O)[O-])c2)ccc1OC(F)F. The largest absolute Gasteiger partial charge is 0.493 e. The number of methoxy groups -OCH3 is 1. The van der Waals surface area contributed by atoms with Gasteiger partial charge in [-0.2, -0.15) is 8.78 Å². The van der Waals surface area contributed by atoms with Crippen LogP contribution in [0.5, 0.6) is 17.2 Å². The van der Waals surface area contributed by atoms with E-state index < -0.39 is 17.4 Å². The molecule has 1 N–H and O–H groups in total. The van der Waals surface area contributed by atoms with Gasteiger partial charge in [0.2, 0.25) is 0 Å². The normalized spacial score (nSPS) is 10.4. The fraction of sp³-hybridized carbons (Fsp3) is 0.278. The highest BCUT2D eigenvalue weighted by molar-refractivity contribution is 5.77. The van der Waals surface area contributed by atoms with Gasteiger partial charge in [0.1, 0.15) is 5.75 Å². The maximum atomic E-state index is 12.3. The molecule has 28 heavy (non-hydrogen) atoms. The van der Waals surface area contributed by atoms with E-state index in [1.807, 2.05) is 0 Å². The molecule has 0 heterocycles. The lowest BCUT2D eigenvalue weighted by molar-refractivity contribution is -0.384. The Hall–Kier alpha value is -3.43. The van der Waals surface area contributed by atoms with Crippen LogP contribution in [-0.4, -0.2) is 37.7 Å². The van der Waals surface area contributed by atoms with E-state index in [-0.39, 0.29) is 36.1 Å². The number of nitro benzene ring substituents is 1. The number of amides is 1. The van der Waals surface area contributed by atoms with Gasteiger partial charge >= 0.3 is 6.61 Å². The Kier molecular flexibility index (Phi) is 7.49. The zero-order chi connectivity index (χ0) is 20.5. The predicted octanol–water partition coefficient (Wildman–Crippen LogP) is 2.94. The number of carbonyl (C=O) groups is 1. The number of hydrogen-bond acceptors (Lipinski definition) is 6. The number of ether oxygens (including phenoxy) is 3. The van der Waals surface area contributed by atoms with Crippen molar-refractivity contribution in [3.05, 3.63) is 58.1 Å². The minimum absolute atomic E-state index is 0.0735. The van der Waals surface area contributed by atoms with Crippen molar-refractivity contribution in [2.75, 3.05) is 20.3 Å². The quantitative estimate of drug-likeness (QED) is 0.490. The molecule has 0 saturated carbocycles. The van der Waals surface area contributed by atoms with Gasteiger partial charge in [-0.3, -0.25) is 14.9 Å². The van der Waals surface area contributed by atoms with Gasteiger partial charge in [-0.05, 0) is 30.2 Å². The van der Waals surface area contributed by atoms with Crippen molar-refractivity contribution in [3.63, 3.8) is 0 Å². The van der Waals surface area contributed by atoms with E-state index >= 15 is 0 Å². The zero-order valence-corrected chi connectivity index (χ0v) is 14.9. The number of alkyl halides is 2. The summed E-state index contributed by atoms with van der Waals surface area (Å²) in [5.41, 5.74) is 0.615. The first-order valence-corrected chi connectivity index (χ1v) is 8.14. The number of halogens is 2. The van der Waals surface area contributed by atoms with Crippen LogP contribution in [-0.2, 0) is 11.2 Å². The van der Waals surface area contributed by atoms with Crippen LogP contribution in [0.1, 0.15) is 5.56 Å². The Balaban J connectivity index is 1.80. The van der Waals surface area contributed by atoms with E-state index in [1.165, 1.54) is 37.4 Å². The average Bonchev–Trinajstić information content (AvgIpc) is 2.67. The number of nitro groups is 1. The lowest BCUT2D eigenvalue weighted by Gasteiger charge is -2.12. The van der Waals surface area contributed by atoms with Gasteiger partial charge in [-0.25, -0.2) is 0 Å². The average molecular weight is 396 g/mol. The van der Waals surface area contributed by atoms with Gasteiger partial charge in [-0.15, -0.1) is 0 Å². The first-order valence-electron chi connectivity index (χ1n) is 8.14. The highest BCUT2D eigenvalue weighted by atomic mass is 19.3. The summed E-state index contributed by atoms with van der Waals surface area (Å²) >= 11 is 0. The van der Waals surface area contributed by atoms with Crippen LogP contribution in [0.25, 0.3) is 0 Å². The Labute approximate surface area is 159 Å². The number of nitrogens with zero attached hydrogens (tertiary/aromatic N) is 1. The fourth-order valence-corrected chi connectivity index (χ4v) is 2.29. The van der Waals surface area contributed by atoms with Crippen LogP contribution >= 0.6 is 0 Å². The molecule has 2 aromatic rings. The highest BCUT2D eigenvalue weighted by Gasteiger charge is 2.12. The zero-order valence-electron chi connectivity index (χ0n) is 14.9. The van der Waals surface area contributed by atoms with Crippen molar-refractivity contribution in [1.82, 2.24) is 5.32 Å². The molecule has 0 saturated heterocycles. The summed E-state index contributed by atoms with van der Waals surface area (Å²) in [6.45, 7) is -2.98. The molecule has 0 fully saturated rings. The third kappa shape index (κ3) is 6.38. The molecule has 0 aliphatic rings. The number of nitrogens with one attached hydrogen (secondary N) is 1. The second-order valence-electron chi connectivity index (χ2n) is 5.51. The van der Waals surface area contributed by atoms with Gasteiger partial charge in [0, 0.05) is 12.6 Å². The van der Waals surface area contributed by atoms with Crippen LogP contribution in [0.4, 0.5) is 14.5 Å². The maximum absolute atomic E-state index is 12.3. The lowest BCUT2D eigenvalue weighted by Crippen LogP contribution is -2.30. The minimum Gasteiger partial charge on any atom is -0.493 e. The molecule has 0 bridgehead atoms. The van der Waals surface area contributed by atoms with Crippen molar-refractivity contribution in [3.8, 4) is 17.2 Å². The Morgan fingerprint density at radius 3 is 2.68 bits per heavy atom. The van der Waals surface area contributed by atoms with Crippen molar-refractivity contribution in [2.45, 2.75) is 13.0 Å². The Morgan fingerprint density at radius 1 is 1.21 bits per heavy atom. The van der Waals surface area contributed by atoms with E-state index in [2.05, 4.69) is 10.1 Å². The van der Waals surface area contributed by atoms with Crippen molar-refractivity contribution in [1.29, 1.82) is 0 Å². The topological polar surface area (TPSA) is 99.9 Å². The molecular formula is C18H18F2N2O6. The van der Waals surface area contributed by atoms with Gasteiger partial charge in [0.25, 0.3) is 11.6 Å². The molecule has 0 aliphatic heterocycles. The van der Waals surface area contributed by atoms with Gasteiger partial charge < -0.3 is 19.5 Å². The molecule has 1 amide bonds. The molecule has 0 aliphatic carbocycles. The predicted molar refractivity (Wildman–Crippen MR) is 94.9 cm³/mol. The van der Waals surface area contributed by atoms with E-state index in [1.54, 1.807) is 12.1 Å².